The molecule has 1 aromatic heterocycles. The Balaban J connectivity index is 2.03. The highest BCUT2D eigenvalue weighted by molar-refractivity contribution is 5.95. The molecule has 4 N–H and O–H groups in total. The molecule has 2 rings (SSSR count). The highest BCUT2D eigenvalue weighted by Gasteiger charge is 2.16. The first kappa shape index (κ1) is 17.6. The van der Waals surface area contributed by atoms with E-state index in [0.29, 0.717) is 23.8 Å². The lowest BCUT2D eigenvalue weighted by molar-refractivity contribution is 0.0950. The third-order valence-corrected chi connectivity index (χ3v) is 3.92. The molecule has 0 aliphatic heterocycles. The second kappa shape index (κ2) is 7.21. The van der Waals surface area contributed by atoms with E-state index in [-0.39, 0.29) is 5.91 Å². The van der Waals surface area contributed by atoms with Gasteiger partial charge in [-0.2, -0.15) is 0 Å². The van der Waals surface area contributed by atoms with Gasteiger partial charge in [-0.15, -0.1) is 0 Å². The van der Waals surface area contributed by atoms with Gasteiger partial charge in [0.15, 0.2) is 0 Å². The van der Waals surface area contributed by atoms with Gasteiger partial charge in [-0.05, 0) is 51.5 Å². The van der Waals surface area contributed by atoms with Gasteiger partial charge >= 0.3 is 6.03 Å². The Kier molecular flexibility index (Phi) is 5.28. The quantitative estimate of drug-likeness (QED) is 0.787. The lowest BCUT2D eigenvalue weighted by Gasteiger charge is -2.13. The van der Waals surface area contributed by atoms with Crippen molar-refractivity contribution in [3.8, 4) is 0 Å². The molecule has 1 aromatic carbocycles. The number of primary amides is 1. The van der Waals surface area contributed by atoms with E-state index in [4.69, 9.17) is 5.73 Å². The van der Waals surface area contributed by atoms with Gasteiger partial charge in [0.05, 0.1) is 5.56 Å². The Morgan fingerprint density at radius 1 is 1.17 bits per heavy atom. The molecule has 6 heteroatoms. The molecule has 3 amide bonds. The van der Waals surface area contributed by atoms with Gasteiger partial charge < -0.3 is 20.9 Å². The second-order valence-corrected chi connectivity index (χ2v) is 6.12. The predicted molar refractivity (Wildman–Crippen MR) is 95.1 cm³/mol. The third kappa shape index (κ3) is 3.95. The first-order chi connectivity index (χ1) is 11.3. The number of nitrogens with two attached hydrogens (primary N) is 1. The molecule has 2 aromatic rings. The highest BCUT2D eigenvalue weighted by Crippen LogP contribution is 2.20. The van der Waals surface area contributed by atoms with E-state index >= 15 is 0 Å². The zero-order chi connectivity index (χ0) is 17.9. The van der Waals surface area contributed by atoms with E-state index in [9.17, 15) is 9.59 Å². The van der Waals surface area contributed by atoms with Crippen molar-refractivity contribution in [3.05, 3.63) is 52.8 Å². The summed E-state index contributed by atoms with van der Waals surface area (Å²) in [6.07, 6.45) is 0. The molecule has 0 saturated heterocycles. The minimum atomic E-state index is -0.600. The third-order valence-electron chi connectivity index (χ3n) is 3.92. The molecular formula is C18H24N4O2. The van der Waals surface area contributed by atoms with Gasteiger partial charge in [-0.3, -0.25) is 4.79 Å². The first-order valence-corrected chi connectivity index (χ1v) is 7.91. The van der Waals surface area contributed by atoms with Crippen molar-refractivity contribution >= 4 is 17.6 Å². The number of hydrogen-bond donors (Lipinski definition) is 3. The molecule has 128 valence electrons. The van der Waals surface area contributed by atoms with Crippen molar-refractivity contribution < 1.29 is 9.59 Å². The summed E-state index contributed by atoms with van der Waals surface area (Å²) in [6, 6.07) is 8.80. The van der Waals surface area contributed by atoms with E-state index in [1.165, 1.54) is 0 Å². The van der Waals surface area contributed by atoms with Crippen LogP contribution >= 0.6 is 0 Å². The van der Waals surface area contributed by atoms with Crippen LogP contribution in [0.5, 0.6) is 0 Å². The first-order valence-electron chi connectivity index (χ1n) is 7.91. The molecule has 0 fully saturated rings. The molecule has 0 aliphatic rings. The number of benzene rings is 1. The molecule has 24 heavy (non-hydrogen) atoms. The second-order valence-electron chi connectivity index (χ2n) is 6.12. The highest BCUT2D eigenvalue weighted by atomic mass is 16.2. The molecule has 1 heterocycles. The molecular weight excluding hydrogens is 304 g/mol. The number of rotatable bonds is 5. The summed E-state index contributed by atoms with van der Waals surface area (Å²) in [4.78, 5) is 23.2. The van der Waals surface area contributed by atoms with Crippen LogP contribution in [0.4, 0.5) is 10.5 Å². The van der Waals surface area contributed by atoms with E-state index in [0.717, 1.165) is 17.0 Å². The number of aryl methyl sites for hydroxylation is 1. The molecule has 6 nitrogen and oxygen atoms in total. The van der Waals surface area contributed by atoms with Crippen molar-refractivity contribution in [2.75, 3.05) is 5.32 Å². The monoisotopic (exact) mass is 328 g/mol. The summed E-state index contributed by atoms with van der Waals surface area (Å²) < 4.78 is 2.15. The van der Waals surface area contributed by atoms with E-state index in [2.05, 4.69) is 29.0 Å². The lowest BCUT2D eigenvalue weighted by Crippen LogP contribution is -2.23. The van der Waals surface area contributed by atoms with Crippen LogP contribution in [0.1, 0.15) is 47.2 Å². The smallest absolute Gasteiger partial charge is 0.316 e. The van der Waals surface area contributed by atoms with Gasteiger partial charge in [-0.1, -0.05) is 12.1 Å². The molecule has 0 aliphatic carbocycles. The van der Waals surface area contributed by atoms with E-state index < -0.39 is 6.03 Å². The summed E-state index contributed by atoms with van der Waals surface area (Å²) in [5.74, 6) is -0.0886. The maximum atomic E-state index is 12.4. The van der Waals surface area contributed by atoms with Crippen LogP contribution in [0.25, 0.3) is 0 Å². The van der Waals surface area contributed by atoms with Crippen LogP contribution in [-0.4, -0.2) is 16.5 Å². The van der Waals surface area contributed by atoms with Gasteiger partial charge in [0.25, 0.3) is 5.91 Å². The Hall–Kier alpha value is -2.76. The molecule has 0 unspecified atom stereocenters. The zero-order valence-corrected chi connectivity index (χ0v) is 14.5. The Bertz CT molecular complexity index is 745. The summed E-state index contributed by atoms with van der Waals surface area (Å²) in [6.45, 7) is 8.59. The van der Waals surface area contributed by atoms with Crippen LogP contribution in [0, 0.1) is 13.8 Å². The average Bonchev–Trinajstić information content (AvgIpc) is 2.80. The fraction of sp³-hybridized carbons (Fsp3) is 0.333. The normalized spacial score (nSPS) is 10.7. The maximum Gasteiger partial charge on any atom is 0.316 e. The molecule has 0 atom stereocenters. The number of carbonyl (C=O) groups excluding carboxylic acids is 2. The Morgan fingerprint density at radius 3 is 2.29 bits per heavy atom. The van der Waals surface area contributed by atoms with Crippen molar-refractivity contribution in [1.82, 2.24) is 9.88 Å². The Labute approximate surface area is 142 Å². The van der Waals surface area contributed by atoms with Crippen LogP contribution in [0.2, 0.25) is 0 Å². The minimum Gasteiger partial charge on any atom is -0.351 e. The number of amides is 3. The summed E-state index contributed by atoms with van der Waals surface area (Å²) in [5.41, 5.74) is 9.38. The summed E-state index contributed by atoms with van der Waals surface area (Å²) in [7, 11) is 0. The SMILES string of the molecule is Cc1cc(C(=O)NCc2ccc(NC(N)=O)cc2)c(C)n1C(C)C. The van der Waals surface area contributed by atoms with Gasteiger partial charge in [0.1, 0.15) is 0 Å². The number of aromatic nitrogens is 1. The number of urea groups is 1. The molecule has 0 spiro atoms. The van der Waals surface area contributed by atoms with Crippen molar-refractivity contribution in [1.29, 1.82) is 0 Å². The zero-order valence-electron chi connectivity index (χ0n) is 14.5. The number of nitrogens with zero attached hydrogens (tertiary/aromatic N) is 1. The van der Waals surface area contributed by atoms with Crippen molar-refractivity contribution in [3.63, 3.8) is 0 Å². The minimum absolute atomic E-state index is 0.0886. The average molecular weight is 328 g/mol. The largest absolute Gasteiger partial charge is 0.351 e. The fourth-order valence-electron chi connectivity index (χ4n) is 2.93. The number of carbonyl (C=O) groups is 2. The number of nitrogens with one attached hydrogen (secondary N) is 2. The van der Waals surface area contributed by atoms with Crippen LogP contribution in [0.15, 0.2) is 30.3 Å². The topological polar surface area (TPSA) is 89.2 Å². The van der Waals surface area contributed by atoms with Gasteiger partial charge in [0.2, 0.25) is 0 Å². The fourth-order valence-corrected chi connectivity index (χ4v) is 2.93. The Morgan fingerprint density at radius 2 is 1.79 bits per heavy atom. The van der Waals surface area contributed by atoms with E-state index in [1.54, 1.807) is 12.1 Å². The molecule has 0 bridgehead atoms. The van der Waals surface area contributed by atoms with Gasteiger partial charge in [-0.25, -0.2) is 4.79 Å². The van der Waals surface area contributed by atoms with E-state index in [1.807, 2.05) is 32.0 Å². The van der Waals surface area contributed by atoms with Crippen molar-refractivity contribution in [2.24, 2.45) is 5.73 Å². The maximum absolute atomic E-state index is 12.4. The molecule has 0 saturated carbocycles. The van der Waals surface area contributed by atoms with Gasteiger partial charge in [0, 0.05) is 29.7 Å². The van der Waals surface area contributed by atoms with Crippen LogP contribution in [-0.2, 0) is 6.54 Å². The predicted octanol–water partition coefficient (Wildman–Crippen LogP) is 3.11. The standard InChI is InChI=1S/C18H24N4O2/c1-11(2)22-12(3)9-16(13(22)4)17(23)20-10-14-5-7-15(8-6-14)21-18(19)24/h5-9,11H,10H2,1-4H3,(H,20,23)(H3,19,21,24). The van der Waals surface area contributed by atoms with Crippen molar-refractivity contribution in [2.45, 2.75) is 40.3 Å². The van der Waals surface area contributed by atoms with Crippen LogP contribution < -0.4 is 16.4 Å². The lowest BCUT2D eigenvalue weighted by atomic mass is 10.2. The summed E-state index contributed by atoms with van der Waals surface area (Å²) in [5, 5.41) is 5.43. The molecule has 0 radical (unpaired) electrons. The number of anilines is 1. The van der Waals surface area contributed by atoms with Crippen LogP contribution in [0.3, 0.4) is 0 Å². The number of hydrogen-bond acceptors (Lipinski definition) is 2. The summed E-state index contributed by atoms with van der Waals surface area (Å²) >= 11 is 0.